The van der Waals surface area contributed by atoms with Gasteiger partial charge in [0, 0.05) is 26.2 Å². The summed E-state index contributed by atoms with van der Waals surface area (Å²) in [5.74, 6) is -1.14. The largest absolute Gasteiger partial charge is 0.466 e. The number of unbranched alkanes of at least 4 members (excludes halogenated alkanes) is 5. The van der Waals surface area contributed by atoms with Crippen LogP contribution in [0.4, 0.5) is 0 Å². The molecule has 0 bridgehead atoms. The molecule has 0 fully saturated rings. The van der Waals surface area contributed by atoms with Gasteiger partial charge < -0.3 is 42.2 Å². The maximum Gasteiger partial charge on any atom is 0.307 e. The summed E-state index contributed by atoms with van der Waals surface area (Å²) in [6, 6.07) is -1.37. The van der Waals surface area contributed by atoms with Crippen molar-refractivity contribution in [1.29, 1.82) is 0 Å². The molecule has 0 aromatic heterocycles. The number of allylic oxidation sites excluding steroid dienone is 4. The maximum absolute atomic E-state index is 13.3. The molecule has 0 saturated heterocycles. The molecule has 0 saturated carbocycles. The second-order valence-corrected chi connectivity index (χ2v) is 12.1. The van der Waals surface area contributed by atoms with Crippen molar-refractivity contribution in [3.8, 4) is 0 Å². The first-order valence-electron chi connectivity index (χ1n) is 18.3. The van der Waals surface area contributed by atoms with Crippen LogP contribution in [0.3, 0.4) is 0 Å². The molecular weight excluding hydrogens is 612 g/mol. The van der Waals surface area contributed by atoms with Gasteiger partial charge in [-0.15, -0.1) is 0 Å². The molecule has 0 heterocycles. The molecule has 0 aliphatic heterocycles. The monoisotopic (exact) mass is 681 g/mol. The number of rotatable bonds is 31. The summed E-state index contributed by atoms with van der Waals surface area (Å²) < 4.78 is 10.7. The Labute approximate surface area is 290 Å². The number of nitrogens with zero attached hydrogens (tertiary/aromatic N) is 2. The Balaban J connectivity index is 5.20. The molecule has 12 nitrogen and oxygen atoms in total. The Morgan fingerprint density at radius 3 is 1.31 bits per heavy atom. The first-order valence-corrected chi connectivity index (χ1v) is 18.3. The van der Waals surface area contributed by atoms with Gasteiger partial charge in [0.15, 0.2) is 0 Å². The number of carbonyl (C=O) groups excluding carboxylic acids is 4. The zero-order valence-corrected chi connectivity index (χ0v) is 30.1. The molecule has 0 spiro atoms. The Morgan fingerprint density at radius 1 is 0.562 bits per heavy atom. The van der Waals surface area contributed by atoms with E-state index in [0.29, 0.717) is 65.1 Å². The molecule has 8 N–H and O–H groups in total. The fourth-order valence-electron chi connectivity index (χ4n) is 4.94. The van der Waals surface area contributed by atoms with E-state index in [1.165, 1.54) is 0 Å². The minimum Gasteiger partial charge on any atom is -0.466 e. The van der Waals surface area contributed by atoms with Crippen LogP contribution in [0, 0.1) is 0 Å². The van der Waals surface area contributed by atoms with Crippen molar-refractivity contribution in [1.82, 2.24) is 9.80 Å². The predicted octanol–water partition coefficient (Wildman–Crippen LogP) is 3.70. The lowest BCUT2D eigenvalue weighted by molar-refractivity contribution is -0.146. The van der Waals surface area contributed by atoms with Crippen LogP contribution in [0.2, 0.25) is 0 Å². The van der Waals surface area contributed by atoms with Crippen molar-refractivity contribution in [2.24, 2.45) is 22.9 Å². The lowest BCUT2D eigenvalue weighted by Crippen LogP contribution is -2.46. The van der Waals surface area contributed by atoms with Gasteiger partial charge in [-0.05, 0) is 90.1 Å². The van der Waals surface area contributed by atoms with E-state index in [9.17, 15) is 19.2 Å². The Morgan fingerprint density at radius 2 is 0.958 bits per heavy atom. The highest BCUT2D eigenvalue weighted by Crippen LogP contribution is 2.10. The standard InChI is InChI=1S/C36H68N6O6/c1-3-5-7-9-17-29-47-33(43)21-27-41(35(45)31(39)19-11-13-23-37)25-15-16-26-42(36(46)32(40)20-12-14-24-38)28-22-34(44)48-30-18-10-8-6-4-2/h5-8,31-32H,3-4,9-30,37-40H2,1-2H3/b7-5-,8-6-/t31-,32-/m1/s1. The van der Waals surface area contributed by atoms with E-state index in [-0.39, 0.29) is 49.7 Å². The third-order valence-corrected chi connectivity index (χ3v) is 7.84. The molecule has 0 radical (unpaired) electrons. The van der Waals surface area contributed by atoms with Gasteiger partial charge in [0.05, 0.1) is 38.1 Å². The van der Waals surface area contributed by atoms with E-state index in [1.54, 1.807) is 9.80 Å². The number of amides is 2. The zero-order chi connectivity index (χ0) is 35.8. The van der Waals surface area contributed by atoms with Gasteiger partial charge >= 0.3 is 11.9 Å². The van der Waals surface area contributed by atoms with Crippen LogP contribution in [0.1, 0.15) is 117 Å². The molecule has 0 unspecified atom stereocenters. The summed E-state index contributed by atoms with van der Waals surface area (Å²) in [5, 5.41) is 0. The van der Waals surface area contributed by atoms with Crippen molar-refractivity contribution < 1.29 is 28.7 Å². The fraction of sp³-hybridized carbons (Fsp3) is 0.778. The molecule has 0 aromatic rings. The predicted molar refractivity (Wildman–Crippen MR) is 193 cm³/mol. The number of ether oxygens (including phenoxy) is 2. The summed E-state index contributed by atoms with van der Waals surface area (Å²) in [6.07, 6.45) is 18.8. The minimum atomic E-state index is -0.684. The highest BCUT2D eigenvalue weighted by Gasteiger charge is 2.24. The first kappa shape index (κ1) is 45.2. The van der Waals surface area contributed by atoms with E-state index >= 15 is 0 Å². The van der Waals surface area contributed by atoms with Crippen LogP contribution in [0.15, 0.2) is 24.3 Å². The van der Waals surface area contributed by atoms with Gasteiger partial charge in [0.2, 0.25) is 11.8 Å². The average molecular weight is 681 g/mol. The van der Waals surface area contributed by atoms with E-state index in [1.807, 2.05) is 0 Å². The normalized spacial score (nSPS) is 12.7. The molecule has 2 amide bonds. The quantitative estimate of drug-likeness (QED) is 0.0476. The number of esters is 2. The van der Waals surface area contributed by atoms with Crippen LogP contribution < -0.4 is 22.9 Å². The van der Waals surface area contributed by atoms with Crippen molar-refractivity contribution >= 4 is 23.8 Å². The van der Waals surface area contributed by atoms with Crippen LogP contribution in [0.5, 0.6) is 0 Å². The Bertz CT molecular complexity index is 843. The fourth-order valence-corrected chi connectivity index (χ4v) is 4.94. The molecule has 0 aliphatic carbocycles. The minimum absolute atomic E-state index is 0.0747. The van der Waals surface area contributed by atoms with Crippen molar-refractivity contribution in [3.63, 3.8) is 0 Å². The third kappa shape index (κ3) is 24.4. The molecular formula is C36H68N6O6. The van der Waals surface area contributed by atoms with Gasteiger partial charge in [0.1, 0.15) is 0 Å². The van der Waals surface area contributed by atoms with Crippen LogP contribution in [-0.2, 0) is 28.7 Å². The van der Waals surface area contributed by atoms with Crippen molar-refractivity contribution in [3.05, 3.63) is 24.3 Å². The first-order chi connectivity index (χ1) is 23.2. The molecule has 2 atom stereocenters. The van der Waals surface area contributed by atoms with Crippen molar-refractivity contribution in [2.45, 2.75) is 129 Å². The lowest BCUT2D eigenvalue weighted by atomic mass is 10.1. The van der Waals surface area contributed by atoms with E-state index < -0.39 is 12.1 Å². The van der Waals surface area contributed by atoms with Crippen LogP contribution >= 0.6 is 0 Å². The van der Waals surface area contributed by atoms with Crippen LogP contribution in [0.25, 0.3) is 0 Å². The molecule has 0 rings (SSSR count). The molecule has 0 aliphatic rings. The molecule has 0 aromatic carbocycles. The average Bonchev–Trinajstić information content (AvgIpc) is 3.08. The van der Waals surface area contributed by atoms with Crippen molar-refractivity contribution in [2.75, 3.05) is 52.5 Å². The van der Waals surface area contributed by atoms with Gasteiger partial charge in [-0.1, -0.05) is 51.0 Å². The maximum atomic E-state index is 13.3. The number of nitrogens with two attached hydrogens (primary N) is 4. The van der Waals surface area contributed by atoms with E-state index in [2.05, 4.69) is 38.2 Å². The SMILES string of the molecule is CC/C=C\CCCOC(=O)CCN(CCCCN(CCC(=O)OCCC/C=C\CC)C(=O)[C@H](N)CCCCN)C(=O)[C@H](N)CCCCN. The van der Waals surface area contributed by atoms with Gasteiger partial charge in [0.25, 0.3) is 0 Å². The summed E-state index contributed by atoms with van der Waals surface area (Å²) in [7, 11) is 0. The van der Waals surface area contributed by atoms with Gasteiger partial charge in [-0.3, -0.25) is 19.2 Å². The Hall–Kier alpha value is -2.80. The zero-order valence-electron chi connectivity index (χ0n) is 30.1. The Kier molecular flexibility index (Phi) is 29.6. The second-order valence-electron chi connectivity index (χ2n) is 12.1. The molecule has 278 valence electrons. The highest BCUT2D eigenvalue weighted by molar-refractivity contribution is 5.83. The summed E-state index contributed by atoms with van der Waals surface area (Å²) in [4.78, 5) is 54.6. The smallest absolute Gasteiger partial charge is 0.307 e. The number of hydrogen-bond acceptors (Lipinski definition) is 10. The second kappa shape index (κ2) is 31.5. The topological polar surface area (TPSA) is 197 Å². The number of hydrogen-bond donors (Lipinski definition) is 4. The number of carbonyl (C=O) groups is 4. The lowest BCUT2D eigenvalue weighted by Gasteiger charge is -2.28. The van der Waals surface area contributed by atoms with E-state index in [0.717, 1.165) is 64.2 Å². The van der Waals surface area contributed by atoms with E-state index in [4.69, 9.17) is 32.4 Å². The summed E-state index contributed by atoms with van der Waals surface area (Å²) in [5.41, 5.74) is 23.7. The third-order valence-electron chi connectivity index (χ3n) is 7.84. The van der Waals surface area contributed by atoms with Crippen LogP contribution in [-0.4, -0.2) is 98.1 Å². The molecule has 48 heavy (non-hydrogen) atoms. The summed E-state index contributed by atoms with van der Waals surface area (Å²) >= 11 is 0. The summed E-state index contributed by atoms with van der Waals surface area (Å²) in [6.45, 7) is 7.02. The highest BCUT2D eigenvalue weighted by atomic mass is 16.5. The molecule has 12 heteroatoms. The van der Waals surface area contributed by atoms with Gasteiger partial charge in [-0.2, -0.15) is 0 Å². The van der Waals surface area contributed by atoms with Gasteiger partial charge in [-0.25, -0.2) is 0 Å².